The molecule has 0 spiro atoms. The zero-order valence-corrected chi connectivity index (χ0v) is 8.06. The lowest BCUT2D eigenvalue weighted by Gasteiger charge is -2.15. The first kappa shape index (κ1) is 13.1. The van der Waals surface area contributed by atoms with Gasteiger partial charge in [0, 0.05) is 5.56 Å². The fraction of sp³-hybridized carbons (Fsp3) is 0.222. The summed E-state index contributed by atoms with van der Waals surface area (Å²) in [4.78, 5) is 10.4. The molecule has 1 aromatic rings. The van der Waals surface area contributed by atoms with Crippen LogP contribution in [0.3, 0.4) is 0 Å². The number of aliphatic hydroxyl groups excluding tert-OH is 1. The van der Waals surface area contributed by atoms with Gasteiger partial charge in [0.1, 0.15) is 0 Å². The quantitative estimate of drug-likeness (QED) is 0.593. The van der Waals surface area contributed by atoms with Gasteiger partial charge in [-0.1, -0.05) is 0 Å². The van der Waals surface area contributed by atoms with E-state index in [0.29, 0.717) is 6.07 Å². The molecule has 0 aliphatic heterocycles. The Balaban J connectivity index is 3.46. The standard InChI is InChI=1S/C9H7F3O5/c10-9(11,12)4-2-6(14)5(13)1-3(4)7(15)8(16)17/h1-2,7,13-15H,(H,16,17). The zero-order valence-electron chi connectivity index (χ0n) is 8.06. The molecule has 0 aliphatic rings. The lowest BCUT2D eigenvalue weighted by Crippen LogP contribution is -2.17. The molecule has 4 N–H and O–H groups in total. The number of carbonyl (C=O) groups is 1. The Morgan fingerprint density at radius 2 is 1.65 bits per heavy atom. The SMILES string of the molecule is O=C(O)C(O)c1cc(O)c(O)cc1C(F)(F)F. The minimum Gasteiger partial charge on any atom is -0.504 e. The molecule has 0 fully saturated rings. The smallest absolute Gasteiger partial charge is 0.416 e. The Morgan fingerprint density at radius 3 is 2.06 bits per heavy atom. The van der Waals surface area contributed by atoms with E-state index in [-0.39, 0.29) is 6.07 Å². The number of alkyl halides is 3. The van der Waals surface area contributed by atoms with Crippen LogP contribution >= 0.6 is 0 Å². The molecule has 1 rings (SSSR count). The number of rotatable bonds is 2. The fourth-order valence-corrected chi connectivity index (χ4v) is 1.20. The van der Waals surface area contributed by atoms with Gasteiger partial charge in [0.25, 0.3) is 0 Å². The van der Waals surface area contributed by atoms with Crippen LogP contribution in [0.5, 0.6) is 11.5 Å². The largest absolute Gasteiger partial charge is 0.504 e. The van der Waals surface area contributed by atoms with Crippen LogP contribution in [0.4, 0.5) is 13.2 Å². The van der Waals surface area contributed by atoms with E-state index < -0.39 is 40.9 Å². The number of aliphatic carboxylic acids is 1. The second-order valence-corrected chi connectivity index (χ2v) is 3.17. The van der Waals surface area contributed by atoms with Gasteiger partial charge < -0.3 is 20.4 Å². The number of benzene rings is 1. The first-order valence-corrected chi connectivity index (χ1v) is 4.18. The molecule has 0 amide bonds. The number of carboxylic acids is 1. The Kier molecular flexibility index (Phi) is 3.18. The van der Waals surface area contributed by atoms with E-state index in [4.69, 9.17) is 20.4 Å². The molecular formula is C9H7F3O5. The number of phenols is 2. The van der Waals surface area contributed by atoms with Gasteiger partial charge in [-0.25, -0.2) is 4.79 Å². The molecule has 94 valence electrons. The normalized spacial score (nSPS) is 13.4. The molecular weight excluding hydrogens is 245 g/mol. The third-order valence-corrected chi connectivity index (χ3v) is 1.98. The molecule has 0 radical (unpaired) electrons. The van der Waals surface area contributed by atoms with Crippen molar-refractivity contribution in [2.24, 2.45) is 0 Å². The van der Waals surface area contributed by atoms with Crippen molar-refractivity contribution < 1.29 is 38.4 Å². The number of phenolic OH excluding ortho intramolecular Hbond substituents is 2. The van der Waals surface area contributed by atoms with Gasteiger partial charge in [-0.15, -0.1) is 0 Å². The van der Waals surface area contributed by atoms with Crippen molar-refractivity contribution in [3.63, 3.8) is 0 Å². The average molecular weight is 252 g/mol. The van der Waals surface area contributed by atoms with E-state index in [1.165, 1.54) is 0 Å². The van der Waals surface area contributed by atoms with E-state index in [1.54, 1.807) is 0 Å². The van der Waals surface area contributed by atoms with E-state index in [1.807, 2.05) is 0 Å². The highest BCUT2D eigenvalue weighted by Gasteiger charge is 2.37. The highest BCUT2D eigenvalue weighted by atomic mass is 19.4. The van der Waals surface area contributed by atoms with Crippen LogP contribution in [0.2, 0.25) is 0 Å². The molecule has 0 aliphatic carbocycles. The predicted octanol–water partition coefficient (Wildman–Crippen LogP) is 1.23. The van der Waals surface area contributed by atoms with Crippen molar-refractivity contribution in [2.45, 2.75) is 12.3 Å². The van der Waals surface area contributed by atoms with Gasteiger partial charge >= 0.3 is 12.1 Å². The summed E-state index contributed by atoms with van der Waals surface area (Å²) in [6.45, 7) is 0. The third kappa shape index (κ3) is 2.59. The van der Waals surface area contributed by atoms with Crippen LogP contribution in [-0.2, 0) is 11.0 Å². The minimum absolute atomic E-state index is 0.150. The Hall–Kier alpha value is -1.96. The van der Waals surface area contributed by atoms with E-state index in [9.17, 15) is 18.0 Å². The summed E-state index contributed by atoms with van der Waals surface area (Å²) < 4.78 is 37.5. The van der Waals surface area contributed by atoms with Crippen molar-refractivity contribution in [1.29, 1.82) is 0 Å². The third-order valence-electron chi connectivity index (χ3n) is 1.98. The highest BCUT2D eigenvalue weighted by molar-refractivity contribution is 5.75. The molecule has 1 unspecified atom stereocenters. The molecule has 0 aromatic heterocycles. The van der Waals surface area contributed by atoms with Crippen molar-refractivity contribution in [2.75, 3.05) is 0 Å². The summed E-state index contributed by atoms with van der Waals surface area (Å²) in [6, 6.07) is 0.508. The number of halogens is 3. The molecule has 5 nitrogen and oxygen atoms in total. The number of aliphatic hydroxyl groups is 1. The van der Waals surface area contributed by atoms with Gasteiger partial charge in [0.2, 0.25) is 0 Å². The lowest BCUT2D eigenvalue weighted by atomic mass is 10.0. The average Bonchev–Trinajstić information content (AvgIpc) is 2.18. The Bertz CT molecular complexity index is 455. The van der Waals surface area contributed by atoms with Crippen LogP contribution in [-0.4, -0.2) is 26.4 Å². The van der Waals surface area contributed by atoms with Gasteiger partial charge in [-0.2, -0.15) is 13.2 Å². The highest BCUT2D eigenvalue weighted by Crippen LogP contribution is 2.40. The summed E-state index contributed by atoms with van der Waals surface area (Å²) in [5, 5.41) is 35.4. The van der Waals surface area contributed by atoms with Crippen LogP contribution < -0.4 is 0 Å². The molecule has 0 saturated heterocycles. The number of hydrogen-bond donors (Lipinski definition) is 4. The Labute approximate surface area is 92.4 Å². The summed E-state index contributed by atoms with van der Waals surface area (Å²) in [6.07, 6.45) is -7.41. The van der Waals surface area contributed by atoms with Crippen LogP contribution in [0.15, 0.2) is 12.1 Å². The van der Waals surface area contributed by atoms with Gasteiger partial charge in [0.05, 0.1) is 5.56 Å². The first-order chi connectivity index (χ1) is 7.64. The minimum atomic E-state index is -4.96. The van der Waals surface area contributed by atoms with Crippen LogP contribution in [0.1, 0.15) is 17.2 Å². The topological polar surface area (TPSA) is 98.0 Å². The van der Waals surface area contributed by atoms with E-state index in [0.717, 1.165) is 0 Å². The predicted molar refractivity (Wildman–Crippen MR) is 47.4 cm³/mol. The molecule has 0 bridgehead atoms. The monoisotopic (exact) mass is 252 g/mol. The summed E-state index contributed by atoms with van der Waals surface area (Å²) in [5.74, 6) is -3.91. The summed E-state index contributed by atoms with van der Waals surface area (Å²) in [5.41, 5.74) is -2.57. The van der Waals surface area contributed by atoms with Crippen molar-refractivity contribution in [1.82, 2.24) is 0 Å². The number of aromatic hydroxyl groups is 2. The maximum atomic E-state index is 12.5. The molecule has 17 heavy (non-hydrogen) atoms. The molecule has 8 heteroatoms. The maximum absolute atomic E-state index is 12.5. The zero-order chi connectivity index (χ0) is 13.4. The first-order valence-electron chi connectivity index (χ1n) is 4.18. The second-order valence-electron chi connectivity index (χ2n) is 3.17. The lowest BCUT2D eigenvalue weighted by molar-refractivity contribution is -0.149. The van der Waals surface area contributed by atoms with E-state index in [2.05, 4.69) is 0 Å². The number of hydrogen-bond acceptors (Lipinski definition) is 4. The molecule has 0 saturated carbocycles. The fourth-order valence-electron chi connectivity index (χ4n) is 1.20. The van der Waals surface area contributed by atoms with Gasteiger partial charge in [0.15, 0.2) is 17.6 Å². The van der Waals surface area contributed by atoms with Crippen LogP contribution in [0.25, 0.3) is 0 Å². The Morgan fingerprint density at radius 1 is 1.18 bits per heavy atom. The summed E-state index contributed by atoms with van der Waals surface area (Å²) >= 11 is 0. The van der Waals surface area contributed by atoms with Crippen LogP contribution in [0, 0.1) is 0 Å². The molecule has 1 aromatic carbocycles. The van der Waals surface area contributed by atoms with Gasteiger partial charge in [-0.3, -0.25) is 0 Å². The van der Waals surface area contributed by atoms with Crippen molar-refractivity contribution >= 4 is 5.97 Å². The van der Waals surface area contributed by atoms with E-state index >= 15 is 0 Å². The molecule has 1 atom stereocenters. The van der Waals surface area contributed by atoms with Gasteiger partial charge in [-0.05, 0) is 12.1 Å². The second kappa shape index (κ2) is 4.13. The van der Waals surface area contributed by atoms with Crippen molar-refractivity contribution in [3.8, 4) is 11.5 Å². The summed E-state index contributed by atoms with van der Waals surface area (Å²) in [7, 11) is 0. The maximum Gasteiger partial charge on any atom is 0.416 e. The molecule has 0 heterocycles. The number of carboxylic acid groups (broad SMARTS) is 1. The van der Waals surface area contributed by atoms with Crippen molar-refractivity contribution in [3.05, 3.63) is 23.3 Å².